The van der Waals surface area contributed by atoms with Crippen molar-refractivity contribution in [1.82, 2.24) is 0 Å². The van der Waals surface area contributed by atoms with Gasteiger partial charge in [-0.2, -0.15) is 0 Å². The minimum atomic E-state index is 0.256. The predicted octanol–water partition coefficient (Wildman–Crippen LogP) is 8.45. The summed E-state index contributed by atoms with van der Waals surface area (Å²) in [5, 5.41) is 0. The highest BCUT2D eigenvalue weighted by atomic mass is 16.5. The monoisotopic (exact) mass is 470 g/mol. The first-order chi connectivity index (χ1) is 15.8. The molecule has 0 aromatic carbocycles. The third-order valence-electron chi connectivity index (χ3n) is 13.4. The molecular formula is C32H54O2. The van der Waals surface area contributed by atoms with Gasteiger partial charge in [-0.1, -0.05) is 60.1 Å². The van der Waals surface area contributed by atoms with Crippen molar-refractivity contribution in [2.24, 2.45) is 50.7 Å². The molecule has 34 heavy (non-hydrogen) atoms. The van der Waals surface area contributed by atoms with Crippen LogP contribution in [0, 0.1) is 50.7 Å². The van der Waals surface area contributed by atoms with Gasteiger partial charge in [-0.05, 0) is 115 Å². The lowest BCUT2D eigenvalue weighted by Gasteiger charge is -2.64. The Morgan fingerprint density at radius 1 is 0.647 bits per heavy atom. The van der Waals surface area contributed by atoms with Gasteiger partial charge in [-0.3, -0.25) is 0 Å². The van der Waals surface area contributed by atoms with Crippen molar-refractivity contribution in [3.8, 4) is 0 Å². The van der Waals surface area contributed by atoms with Crippen molar-refractivity contribution in [3.05, 3.63) is 11.6 Å². The molecule has 0 radical (unpaired) electrons. The summed E-state index contributed by atoms with van der Waals surface area (Å²) in [5.74, 6) is 3.13. The normalized spacial score (nSPS) is 51.7. The quantitative estimate of drug-likeness (QED) is 0.377. The van der Waals surface area contributed by atoms with E-state index < -0.39 is 0 Å². The molecule has 5 rings (SSSR count). The number of hydrogen-bond donors (Lipinski definition) is 0. The molecule has 0 heterocycles. The van der Waals surface area contributed by atoms with E-state index in [0.717, 1.165) is 23.7 Å². The van der Waals surface area contributed by atoms with Crippen molar-refractivity contribution < 1.29 is 9.47 Å². The van der Waals surface area contributed by atoms with Gasteiger partial charge in [0.25, 0.3) is 0 Å². The van der Waals surface area contributed by atoms with E-state index in [1.165, 1.54) is 64.2 Å². The molecule has 5 aliphatic carbocycles. The van der Waals surface area contributed by atoms with E-state index in [9.17, 15) is 0 Å². The fourth-order valence-corrected chi connectivity index (χ4v) is 11.8. The molecular weight excluding hydrogens is 416 g/mol. The second kappa shape index (κ2) is 8.08. The van der Waals surface area contributed by atoms with Crippen LogP contribution in [0.3, 0.4) is 0 Å². The molecule has 0 N–H and O–H groups in total. The van der Waals surface area contributed by atoms with E-state index in [4.69, 9.17) is 9.47 Å². The van der Waals surface area contributed by atoms with E-state index >= 15 is 0 Å². The minimum absolute atomic E-state index is 0.256. The highest BCUT2D eigenvalue weighted by molar-refractivity contribution is 5.25. The molecule has 4 saturated carbocycles. The van der Waals surface area contributed by atoms with Crippen LogP contribution in [0.25, 0.3) is 0 Å². The fraction of sp³-hybridized carbons (Fsp3) is 0.938. The van der Waals surface area contributed by atoms with Crippen molar-refractivity contribution in [2.75, 3.05) is 14.2 Å². The Bertz CT molecular complexity index is 825. The van der Waals surface area contributed by atoms with Gasteiger partial charge >= 0.3 is 0 Å². The van der Waals surface area contributed by atoms with Gasteiger partial charge in [0.15, 0.2) is 0 Å². The molecule has 0 spiro atoms. The zero-order chi connectivity index (χ0) is 24.7. The first kappa shape index (κ1) is 25.3. The van der Waals surface area contributed by atoms with Crippen LogP contribution in [0.15, 0.2) is 11.6 Å². The smallest absolute Gasteiger partial charge is 0.0625 e. The molecule has 0 bridgehead atoms. The van der Waals surface area contributed by atoms with Gasteiger partial charge in [-0.25, -0.2) is 0 Å². The Labute approximate surface area is 211 Å². The molecule has 0 aliphatic heterocycles. The summed E-state index contributed by atoms with van der Waals surface area (Å²) >= 11 is 0. The third kappa shape index (κ3) is 3.32. The summed E-state index contributed by atoms with van der Waals surface area (Å²) in [5.41, 5.74) is 3.73. The number of ether oxygens (including phenoxy) is 2. The SMILES string of the molecule is CO[C@H]1CC[C@@]2(C)[C@@H](CC[C@@]3(C)CC4=CC[C@H]5C(C)(C)[C@@H](OC)CC[C@]5(C)[C@H]4CC[C@@H]32)C1(C)C. The van der Waals surface area contributed by atoms with E-state index in [0.29, 0.717) is 28.5 Å². The van der Waals surface area contributed by atoms with Crippen molar-refractivity contribution in [1.29, 1.82) is 0 Å². The summed E-state index contributed by atoms with van der Waals surface area (Å²) in [6.45, 7) is 18.1. The number of rotatable bonds is 2. The number of fused-ring (bicyclic) bond motifs is 6. The summed E-state index contributed by atoms with van der Waals surface area (Å²) in [4.78, 5) is 0. The maximum Gasteiger partial charge on any atom is 0.0625 e. The van der Waals surface area contributed by atoms with Crippen LogP contribution in [-0.4, -0.2) is 26.4 Å². The molecule has 0 amide bonds. The Balaban J connectivity index is 1.48. The average Bonchev–Trinajstić information content (AvgIpc) is 2.90. The van der Waals surface area contributed by atoms with Crippen LogP contribution < -0.4 is 0 Å². The Hall–Kier alpha value is -0.340. The second-order valence-corrected chi connectivity index (χ2v) is 15.4. The Kier molecular flexibility index (Phi) is 6.01. The number of methoxy groups -OCH3 is 2. The van der Waals surface area contributed by atoms with Crippen LogP contribution in [-0.2, 0) is 9.47 Å². The predicted molar refractivity (Wildman–Crippen MR) is 142 cm³/mol. The summed E-state index contributed by atoms with van der Waals surface area (Å²) < 4.78 is 12.1. The maximum atomic E-state index is 6.05. The highest BCUT2D eigenvalue weighted by Crippen LogP contribution is 2.70. The van der Waals surface area contributed by atoms with Gasteiger partial charge in [0.05, 0.1) is 12.2 Å². The minimum Gasteiger partial charge on any atom is -0.381 e. The largest absolute Gasteiger partial charge is 0.381 e. The maximum absolute atomic E-state index is 6.05. The van der Waals surface area contributed by atoms with Crippen LogP contribution in [0.1, 0.15) is 113 Å². The van der Waals surface area contributed by atoms with E-state index in [1.54, 1.807) is 0 Å². The van der Waals surface area contributed by atoms with E-state index in [1.807, 2.05) is 19.8 Å². The van der Waals surface area contributed by atoms with Crippen molar-refractivity contribution >= 4 is 0 Å². The molecule has 0 aromatic heterocycles. The number of allylic oxidation sites excluding steroid dienone is 2. The fourth-order valence-electron chi connectivity index (χ4n) is 11.8. The van der Waals surface area contributed by atoms with Crippen molar-refractivity contribution in [2.45, 2.75) is 125 Å². The standard InChI is InChI=1S/C32H54O2/c1-28(2)23-12-10-21-20-30(5)17-14-24-29(3,4)27(34-9)16-19-32(24,7)25(30)13-11-22(21)31(23,6)18-15-26(28)33-8/h10,22-27H,11-20H2,1-9H3/t22-,23-,24-,25-,26-,27-,30-,31+,32-/m0/s1. The lowest BCUT2D eigenvalue weighted by atomic mass is 9.42. The van der Waals surface area contributed by atoms with Gasteiger partial charge in [0, 0.05) is 14.2 Å². The topological polar surface area (TPSA) is 18.5 Å². The molecule has 2 nitrogen and oxygen atoms in total. The third-order valence-corrected chi connectivity index (χ3v) is 13.4. The lowest BCUT2D eigenvalue weighted by Crippen LogP contribution is -2.58. The van der Waals surface area contributed by atoms with Gasteiger partial charge in [0.1, 0.15) is 0 Å². The highest BCUT2D eigenvalue weighted by Gasteiger charge is 2.63. The molecule has 0 unspecified atom stereocenters. The molecule has 2 heteroatoms. The molecule has 0 aromatic rings. The van der Waals surface area contributed by atoms with Gasteiger partial charge in [-0.15, -0.1) is 0 Å². The van der Waals surface area contributed by atoms with E-state index in [2.05, 4.69) is 54.5 Å². The summed E-state index contributed by atoms with van der Waals surface area (Å²) in [7, 11) is 3.88. The molecule has 9 atom stereocenters. The van der Waals surface area contributed by atoms with Crippen LogP contribution in [0.5, 0.6) is 0 Å². The first-order valence-electron chi connectivity index (χ1n) is 14.6. The summed E-state index contributed by atoms with van der Waals surface area (Å²) in [6.07, 6.45) is 17.0. The second-order valence-electron chi connectivity index (χ2n) is 15.4. The Morgan fingerprint density at radius 2 is 1.24 bits per heavy atom. The van der Waals surface area contributed by atoms with Gasteiger partial charge in [0.2, 0.25) is 0 Å². The zero-order valence-electron chi connectivity index (χ0n) is 23.9. The number of hydrogen-bond acceptors (Lipinski definition) is 2. The van der Waals surface area contributed by atoms with Gasteiger partial charge < -0.3 is 9.47 Å². The molecule has 194 valence electrons. The average molecular weight is 471 g/mol. The molecule has 4 fully saturated rings. The van der Waals surface area contributed by atoms with E-state index in [-0.39, 0.29) is 10.8 Å². The summed E-state index contributed by atoms with van der Waals surface area (Å²) in [6, 6.07) is 0. The van der Waals surface area contributed by atoms with Crippen LogP contribution in [0.2, 0.25) is 0 Å². The zero-order valence-corrected chi connectivity index (χ0v) is 23.9. The first-order valence-corrected chi connectivity index (χ1v) is 14.6. The van der Waals surface area contributed by atoms with Crippen LogP contribution in [0.4, 0.5) is 0 Å². The molecule has 5 aliphatic rings. The Morgan fingerprint density at radius 3 is 1.85 bits per heavy atom. The van der Waals surface area contributed by atoms with Crippen molar-refractivity contribution in [3.63, 3.8) is 0 Å². The molecule has 0 saturated heterocycles. The van der Waals surface area contributed by atoms with Crippen LogP contribution >= 0.6 is 0 Å². The lowest BCUT2D eigenvalue weighted by molar-refractivity contribution is -0.178.